The molecule has 0 saturated carbocycles. The minimum atomic E-state index is 0.111. The van der Waals surface area contributed by atoms with Crippen LogP contribution in [0.25, 0.3) is 11.0 Å². The zero-order chi connectivity index (χ0) is 11.1. The summed E-state index contributed by atoms with van der Waals surface area (Å²) in [5, 5.41) is 0. The highest BCUT2D eigenvalue weighted by molar-refractivity contribution is 5.79. The van der Waals surface area contributed by atoms with E-state index in [9.17, 15) is 4.79 Å². The van der Waals surface area contributed by atoms with Crippen LogP contribution in [0.2, 0.25) is 0 Å². The van der Waals surface area contributed by atoms with Gasteiger partial charge < -0.3 is 9.88 Å². The summed E-state index contributed by atoms with van der Waals surface area (Å²) >= 11 is 0. The van der Waals surface area contributed by atoms with Crippen molar-refractivity contribution < 1.29 is 4.79 Å². The molecular weight excluding hydrogens is 202 g/mol. The predicted octanol–water partition coefficient (Wildman–Crippen LogP) is 1.86. The lowest BCUT2D eigenvalue weighted by Crippen LogP contribution is -2.23. The molecule has 3 rings (SSSR count). The molecule has 0 unspecified atom stereocenters. The Morgan fingerprint density at radius 2 is 2.25 bits per heavy atom. The number of nitrogens with zero attached hydrogens (tertiary/aromatic N) is 2. The number of fused-ring (bicyclic) bond motifs is 1. The van der Waals surface area contributed by atoms with Crippen molar-refractivity contribution in [2.75, 3.05) is 7.05 Å². The molecule has 4 heteroatoms. The van der Waals surface area contributed by atoms with Gasteiger partial charge in [0, 0.05) is 13.5 Å². The molecule has 1 aromatic heterocycles. The van der Waals surface area contributed by atoms with Crippen molar-refractivity contribution >= 4 is 16.9 Å². The van der Waals surface area contributed by atoms with Gasteiger partial charge in [-0.1, -0.05) is 12.1 Å². The Morgan fingerprint density at radius 1 is 1.44 bits per heavy atom. The van der Waals surface area contributed by atoms with Crippen molar-refractivity contribution in [2.24, 2.45) is 0 Å². The summed E-state index contributed by atoms with van der Waals surface area (Å²) in [6, 6.07) is 8.04. The minimum Gasteiger partial charge on any atom is -0.340 e. The number of nitrogens with one attached hydrogen (secondary N) is 1. The van der Waals surface area contributed by atoms with Crippen LogP contribution >= 0.6 is 0 Å². The van der Waals surface area contributed by atoms with E-state index in [0.29, 0.717) is 6.42 Å². The molecule has 1 amide bonds. The van der Waals surface area contributed by atoms with E-state index in [1.165, 1.54) is 0 Å². The van der Waals surface area contributed by atoms with Crippen LogP contribution in [0.3, 0.4) is 0 Å². The third kappa shape index (κ3) is 1.30. The molecule has 0 radical (unpaired) electrons. The first-order valence-electron chi connectivity index (χ1n) is 5.46. The van der Waals surface area contributed by atoms with E-state index in [0.717, 1.165) is 23.3 Å². The highest BCUT2D eigenvalue weighted by atomic mass is 16.2. The third-order valence-electron chi connectivity index (χ3n) is 3.22. The van der Waals surface area contributed by atoms with E-state index >= 15 is 0 Å². The van der Waals surface area contributed by atoms with Crippen LogP contribution in [0.5, 0.6) is 0 Å². The molecule has 4 nitrogen and oxygen atoms in total. The number of carbonyl (C=O) groups is 1. The molecule has 1 atom stereocenters. The summed E-state index contributed by atoms with van der Waals surface area (Å²) < 4.78 is 0. The number of H-pyrrole nitrogens is 1. The van der Waals surface area contributed by atoms with Gasteiger partial charge in [-0.15, -0.1) is 0 Å². The number of aromatic amines is 1. The zero-order valence-electron chi connectivity index (χ0n) is 9.10. The summed E-state index contributed by atoms with van der Waals surface area (Å²) in [5.74, 6) is 1.10. The number of aromatic nitrogens is 2. The van der Waals surface area contributed by atoms with Gasteiger partial charge in [-0.3, -0.25) is 4.79 Å². The average molecular weight is 215 g/mol. The summed E-state index contributed by atoms with van der Waals surface area (Å²) in [7, 11) is 1.84. The smallest absolute Gasteiger partial charge is 0.223 e. The largest absolute Gasteiger partial charge is 0.340 e. The van der Waals surface area contributed by atoms with E-state index in [1.807, 2.05) is 31.3 Å². The first kappa shape index (κ1) is 9.39. The van der Waals surface area contributed by atoms with Crippen LogP contribution in [0.15, 0.2) is 24.3 Å². The maximum atomic E-state index is 11.5. The summed E-state index contributed by atoms with van der Waals surface area (Å²) in [5.41, 5.74) is 2.00. The molecule has 1 fully saturated rings. The molecule has 0 spiro atoms. The SMILES string of the molecule is CN1C(=O)CC[C@@H]1c1nc2ccccc2[nH]1. The second-order valence-electron chi connectivity index (χ2n) is 4.20. The quantitative estimate of drug-likeness (QED) is 0.789. The lowest BCUT2D eigenvalue weighted by molar-refractivity contribution is -0.127. The molecule has 0 bridgehead atoms. The van der Waals surface area contributed by atoms with Gasteiger partial charge in [-0.2, -0.15) is 0 Å². The molecule has 1 aliphatic heterocycles. The van der Waals surface area contributed by atoms with Gasteiger partial charge in [-0.05, 0) is 18.6 Å². The Bertz CT molecular complexity index is 513. The first-order chi connectivity index (χ1) is 7.75. The van der Waals surface area contributed by atoms with Crippen LogP contribution in [0.4, 0.5) is 0 Å². The normalized spacial score (nSPS) is 20.9. The van der Waals surface area contributed by atoms with Crippen molar-refractivity contribution in [3.05, 3.63) is 30.1 Å². The number of hydrogen-bond acceptors (Lipinski definition) is 2. The Hall–Kier alpha value is -1.84. The molecular formula is C12H13N3O. The fourth-order valence-electron chi connectivity index (χ4n) is 2.25. The maximum Gasteiger partial charge on any atom is 0.223 e. The number of hydrogen-bond donors (Lipinski definition) is 1. The van der Waals surface area contributed by atoms with Gasteiger partial charge in [0.1, 0.15) is 5.82 Å². The van der Waals surface area contributed by atoms with E-state index in [1.54, 1.807) is 4.90 Å². The monoisotopic (exact) mass is 215 g/mol. The van der Waals surface area contributed by atoms with Crippen LogP contribution in [0, 0.1) is 0 Å². The summed E-state index contributed by atoms with van der Waals surface area (Å²) in [6.07, 6.45) is 1.48. The second-order valence-corrected chi connectivity index (χ2v) is 4.20. The number of amides is 1. The maximum absolute atomic E-state index is 11.5. The fraction of sp³-hybridized carbons (Fsp3) is 0.333. The topological polar surface area (TPSA) is 49.0 Å². The summed E-state index contributed by atoms with van der Waals surface area (Å²) in [4.78, 5) is 21.0. The molecule has 82 valence electrons. The fourth-order valence-corrected chi connectivity index (χ4v) is 2.25. The Labute approximate surface area is 93.3 Å². The molecule has 1 N–H and O–H groups in total. The zero-order valence-corrected chi connectivity index (χ0v) is 9.10. The van der Waals surface area contributed by atoms with Crippen LogP contribution in [-0.4, -0.2) is 27.8 Å². The van der Waals surface area contributed by atoms with Gasteiger partial charge in [0.2, 0.25) is 5.91 Å². The highest BCUT2D eigenvalue weighted by Gasteiger charge is 2.30. The number of benzene rings is 1. The van der Waals surface area contributed by atoms with E-state index in [2.05, 4.69) is 9.97 Å². The van der Waals surface area contributed by atoms with Gasteiger partial charge in [0.05, 0.1) is 17.1 Å². The van der Waals surface area contributed by atoms with E-state index < -0.39 is 0 Å². The van der Waals surface area contributed by atoms with Crippen LogP contribution in [-0.2, 0) is 4.79 Å². The Kier molecular flexibility index (Phi) is 1.96. The predicted molar refractivity (Wildman–Crippen MR) is 60.8 cm³/mol. The number of para-hydroxylation sites is 2. The Balaban J connectivity index is 2.03. The second kappa shape index (κ2) is 3.33. The lowest BCUT2D eigenvalue weighted by Gasteiger charge is -2.16. The number of rotatable bonds is 1. The number of carbonyl (C=O) groups excluding carboxylic acids is 1. The van der Waals surface area contributed by atoms with E-state index in [-0.39, 0.29) is 11.9 Å². The Morgan fingerprint density at radius 3 is 2.94 bits per heavy atom. The lowest BCUT2D eigenvalue weighted by atomic mass is 10.2. The minimum absolute atomic E-state index is 0.111. The molecule has 16 heavy (non-hydrogen) atoms. The molecule has 0 aliphatic carbocycles. The van der Waals surface area contributed by atoms with Crippen molar-refractivity contribution in [1.82, 2.24) is 14.9 Å². The molecule has 1 aromatic carbocycles. The van der Waals surface area contributed by atoms with Crippen molar-refractivity contribution in [3.63, 3.8) is 0 Å². The van der Waals surface area contributed by atoms with Gasteiger partial charge >= 0.3 is 0 Å². The van der Waals surface area contributed by atoms with Gasteiger partial charge in [0.15, 0.2) is 0 Å². The number of likely N-dealkylation sites (tertiary alicyclic amines) is 1. The van der Waals surface area contributed by atoms with Crippen LogP contribution < -0.4 is 0 Å². The number of imidazole rings is 1. The molecule has 2 heterocycles. The van der Waals surface area contributed by atoms with Crippen molar-refractivity contribution in [1.29, 1.82) is 0 Å². The standard InChI is InChI=1S/C12H13N3O/c1-15-10(6-7-11(15)16)12-13-8-4-2-3-5-9(8)14-12/h2-5,10H,6-7H2,1H3,(H,13,14)/t10-/m1/s1. The highest BCUT2D eigenvalue weighted by Crippen LogP contribution is 2.30. The third-order valence-corrected chi connectivity index (χ3v) is 3.22. The first-order valence-corrected chi connectivity index (χ1v) is 5.46. The molecule has 1 aliphatic rings. The van der Waals surface area contributed by atoms with Crippen molar-refractivity contribution in [2.45, 2.75) is 18.9 Å². The van der Waals surface area contributed by atoms with E-state index in [4.69, 9.17) is 0 Å². The summed E-state index contributed by atoms with van der Waals surface area (Å²) in [6.45, 7) is 0. The van der Waals surface area contributed by atoms with Gasteiger partial charge in [0.25, 0.3) is 0 Å². The molecule has 1 saturated heterocycles. The molecule has 2 aromatic rings. The van der Waals surface area contributed by atoms with Crippen molar-refractivity contribution in [3.8, 4) is 0 Å². The van der Waals surface area contributed by atoms with Gasteiger partial charge in [-0.25, -0.2) is 4.98 Å². The van der Waals surface area contributed by atoms with Crippen LogP contribution in [0.1, 0.15) is 24.7 Å². The average Bonchev–Trinajstić information content (AvgIpc) is 2.84.